The van der Waals surface area contributed by atoms with Crippen molar-refractivity contribution in [2.45, 2.75) is 13.0 Å². The molecule has 3 aromatic carbocycles. The van der Waals surface area contributed by atoms with Crippen molar-refractivity contribution in [3.63, 3.8) is 0 Å². The zero-order valence-electron chi connectivity index (χ0n) is 14.2. The third kappa shape index (κ3) is 5.20. The Kier molecular flexibility index (Phi) is 6.45. The van der Waals surface area contributed by atoms with Gasteiger partial charge in [-0.15, -0.1) is 0 Å². The number of halogens is 1. The van der Waals surface area contributed by atoms with E-state index >= 15 is 0 Å². The maximum Gasteiger partial charge on any atom is 0.338 e. The molecule has 26 heavy (non-hydrogen) atoms. The fraction of sp³-hybridized carbons (Fsp3) is 0.136. The predicted molar refractivity (Wildman–Crippen MR) is 105 cm³/mol. The van der Waals surface area contributed by atoms with Crippen LogP contribution in [0.15, 0.2) is 83.3 Å². The summed E-state index contributed by atoms with van der Waals surface area (Å²) in [6.07, 6.45) is 0.602. The number of carbonyl (C=O) groups excluding carboxylic acids is 1. The van der Waals surface area contributed by atoms with Crippen molar-refractivity contribution in [3.8, 4) is 5.75 Å². The van der Waals surface area contributed by atoms with Gasteiger partial charge in [-0.25, -0.2) is 4.79 Å². The summed E-state index contributed by atoms with van der Waals surface area (Å²) in [6, 6.07) is 25.0. The van der Waals surface area contributed by atoms with Crippen LogP contribution in [0.3, 0.4) is 0 Å². The molecule has 0 aliphatic heterocycles. The van der Waals surface area contributed by atoms with Gasteiger partial charge in [0.2, 0.25) is 0 Å². The fourth-order valence-corrected chi connectivity index (χ4v) is 2.94. The minimum absolute atomic E-state index is 0.303. The Hall–Kier alpha value is -2.59. The summed E-state index contributed by atoms with van der Waals surface area (Å²) in [4.78, 5) is 12.1. The Morgan fingerprint density at radius 1 is 0.885 bits per heavy atom. The minimum Gasteiger partial charge on any atom is -0.489 e. The van der Waals surface area contributed by atoms with E-state index in [1.54, 1.807) is 12.1 Å². The molecule has 0 spiro atoms. The van der Waals surface area contributed by atoms with Crippen LogP contribution in [0.1, 0.15) is 21.5 Å². The van der Waals surface area contributed by atoms with Crippen LogP contribution >= 0.6 is 15.9 Å². The second kappa shape index (κ2) is 9.20. The van der Waals surface area contributed by atoms with Crippen molar-refractivity contribution in [2.24, 2.45) is 0 Å². The highest BCUT2D eigenvalue weighted by molar-refractivity contribution is 9.10. The summed E-state index contributed by atoms with van der Waals surface area (Å²) in [7, 11) is 0. The van der Waals surface area contributed by atoms with Crippen LogP contribution in [0.2, 0.25) is 0 Å². The largest absolute Gasteiger partial charge is 0.489 e. The molecule has 0 atom stereocenters. The van der Waals surface area contributed by atoms with Crippen molar-refractivity contribution in [3.05, 3.63) is 100 Å². The second-order valence-corrected chi connectivity index (χ2v) is 6.69. The van der Waals surface area contributed by atoms with Gasteiger partial charge in [0, 0.05) is 10.9 Å². The number of hydrogen-bond donors (Lipinski definition) is 0. The molecule has 0 unspecified atom stereocenters. The van der Waals surface area contributed by atoms with Gasteiger partial charge in [0.05, 0.1) is 12.2 Å². The van der Waals surface area contributed by atoms with Crippen LogP contribution in [-0.2, 0) is 17.8 Å². The van der Waals surface area contributed by atoms with Gasteiger partial charge >= 0.3 is 5.97 Å². The molecule has 0 bridgehead atoms. The van der Waals surface area contributed by atoms with Crippen LogP contribution in [0, 0.1) is 0 Å². The lowest BCUT2D eigenvalue weighted by Gasteiger charge is -2.12. The van der Waals surface area contributed by atoms with Crippen molar-refractivity contribution in [1.29, 1.82) is 0 Å². The van der Waals surface area contributed by atoms with Crippen molar-refractivity contribution >= 4 is 21.9 Å². The topological polar surface area (TPSA) is 35.5 Å². The first-order valence-electron chi connectivity index (χ1n) is 8.40. The first-order chi connectivity index (χ1) is 12.7. The van der Waals surface area contributed by atoms with Gasteiger partial charge in [-0.3, -0.25) is 0 Å². The van der Waals surface area contributed by atoms with E-state index in [1.807, 2.05) is 66.7 Å². The van der Waals surface area contributed by atoms with Crippen molar-refractivity contribution < 1.29 is 14.3 Å². The van der Waals surface area contributed by atoms with Crippen LogP contribution < -0.4 is 4.74 Å². The highest BCUT2D eigenvalue weighted by atomic mass is 79.9. The molecule has 3 aromatic rings. The summed E-state index contributed by atoms with van der Waals surface area (Å²) >= 11 is 3.36. The number of ether oxygens (including phenoxy) is 2. The van der Waals surface area contributed by atoms with E-state index in [0.717, 1.165) is 21.3 Å². The van der Waals surface area contributed by atoms with Gasteiger partial charge in [-0.1, -0.05) is 70.5 Å². The summed E-state index contributed by atoms with van der Waals surface area (Å²) in [6.45, 7) is 0.812. The highest BCUT2D eigenvalue weighted by Crippen LogP contribution is 2.20. The zero-order chi connectivity index (χ0) is 18.2. The molecular weight excluding hydrogens is 392 g/mol. The number of esters is 1. The maximum absolute atomic E-state index is 12.1. The van der Waals surface area contributed by atoms with E-state index in [9.17, 15) is 4.79 Å². The van der Waals surface area contributed by atoms with E-state index in [4.69, 9.17) is 9.47 Å². The maximum atomic E-state index is 12.1. The molecule has 0 saturated carbocycles. The normalized spacial score (nSPS) is 10.3. The molecule has 0 aromatic heterocycles. The Morgan fingerprint density at radius 2 is 1.65 bits per heavy atom. The smallest absolute Gasteiger partial charge is 0.338 e. The lowest BCUT2D eigenvalue weighted by Crippen LogP contribution is -2.09. The average molecular weight is 411 g/mol. The second-order valence-electron chi connectivity index (χ2n) is 5.78. The molecular formula is C22H19BrO3. The molecule has 0 saturated heterocycles. The zero-order valence-corrected chi connectivity index (χ0v) is 15.8. The molecule has 0 heterocycles. The summed E-state index contributed by atoms with van der Waals surface area (Å²) < 4.78 is 12.2. The summed E-state index contributed by atoms with van der Waals surface area (Å²) in [5.74, 6) is 0.490. The van der Waals surface area contributed by atoms with Gasteiger partial charge in [0.15, 0.2) is 0 Å². The Labute approximate surface area is 161 Å². The molecule has 0 fully saturated rings. The Morgan fingerprint density at radius 3 is 2.46 bits per heavy atom. The Balaban J connectivity index is 1.55. The van der Waals surface area contributed by atoms with Gasteiger partial charge in [-0.2, -0.15) is 0 Å². The van der Waals surface area contributed by atoms with Crippen LogP contribution in [-0.4, -0.2) is 12.6 Å². The average Bonchev–Trinajstić information content (AvgIpc) is 2.68. The van der Waals surface area contributed by atoms with E-state index in [0.29, 0.717) is 25.2 Å². The third-order valence-electron chi connectivity index (χ3n) is 3.87. The standard InChI is InChI=1S/C22H19BrO3/c23-20-11-6-10-19(15-20)22(24)25-14-13-18-9-4-5-12-21(18)26-16-17-7-2-1-3-8-17/h1-12,15H,13-14,16H2. The molecule has 132 valence electrons. The summed E-state index contributed by atoms with van der Waals surface area (Å²) in [5, 5.41) is 0. The SMILES string of the molecule is O=C(OCCc1ccccc1OCc1ccccc1)c1cccc(Br)c1. The van der Waals surface area contributed by atoms with Crippen LogP contribution in [0.4, 0.5) is 0 Å². The van der Waals surface area contributed by atoms with Crippen molar-refractivity contribution in [1.82, 2.24) is 0 Å². The first kappa shape index (κ1) is 18.2. The Bertz CT molecular complexity index is 862. The van der Waals surface area contributed by atoms with E-state index in [-0.39, 0.29) is 5.97 Å². The molecule has 0 N–H and O–H groups in total. The van der Waals surface area contributed by atoms with Crippen molar-refractivity contribution in [2.75, 3.05) is 6.61 Å². The lowest BCUT2D eigenvalue weighted by atomic mass is 10.1. The predicted octanol–water partition coefficient (Wildman–Crippen LogP) is 5.43. The molecule has 0 amide bonds. The van der Waals surface area contributed by atoms with Gasteiger partial charge in [0.1, 0.15) is 12.4 Å². The number of benzene rings is 3. The quantitative estimate of drug-likeness (QED) is 0.487. The molecule has 0 aliphatic carbocycles. The minimum atomic E-state index is -0.325. The van der Waals surface area contributed by atoms with Gasteiger partial charge < -0.3 is 9.47 Å². The molecule has 3 nitrogen and oxygen atoms in total. The van der Waals surface area contributed by atoms with E-state index in [1.165, 1.54) is 0 Å². The monoisotopic (exact) mass is 410 g/mol. The molecule has 0 aliphatic rings. The highest BCUT2D eigenvalue weighted by Gasteiger charge is 2.09. The molecule has 4 heteroatoms. The third-order valence-corrected chi connectivity index (χ3v) is 4.37. The van der Waals surface area contributed by atoms with E-state index < -0.39 is 0 Å². The number of para-hydroxylation sites is 1. The molecule has 0 radical (unpaired) electrons. The summed E-state index contributed by atoms with van der Waals surface area (Å²) in [5.41, 5.74) is 2.67. The number of carbonyl (C=O) groups is 1. The number of hydrogen-bond acceptors (Lipinski definition) is 3. The fourth-order valence-electron chi connectivity index (χ4n) is 2.54. The van der Waals surface area contributed by atoms with Crippen LogP contribution in [0.25, 0.3) is 0 Å². The lowest BCUT2D eigenvalue weighted by molar-refractivity contribution is 0.0508. The van der Waals surface area contributed by atoms with Gasteiger partial charge in [-0.05, 0) is 35.4 Å². The first-order valence-corrected chi connectivity index (χ1v) is 9.19. The molecule has 3 rings (SSSR count). The van der Waals surface area contributed by atoms with Gasteiger partial charge in [0.25, 0.3) is 0 Å². The van der Waals surface area contributed by atoms with Crippen LogP contribution in [0.5, 0.6) is 5.75 Å². The number of rotatable bonds is 7. The van der Waals surface area contributed by atoms with E-state index in [2.05, 4.69) is 15.9 Å².